The van der Waals surface area contributed by atoms with Crippen molar-refractivity contribution < 1.29 is 23.9 Å². The number of esters is 1. The predicted octanol–water partition coefficient (Wildman–Crippen LogP) is 3.12. The number of benzene rings is 1. The summed E-state index contributed by atoms with van der Waals surface area (Å²) in [5.41, 5.74) is 1.71. The summed E-state index contributed by atoms with van der Waals surface area (Å²) in [4.78, 5) is 38.8. The van der Waals surface area contributed by atoms with Gasteiger partial charge in [-0.2, -0.15) is 0 Å². The molecule has 2 amide bonds. The summed E-state index contributed by atoms with van der Waals surface area (Å²) in [6, 6.07) is 7.47. The lowest BCUT2D eigenvalue weighted by Crippen LogP contribution is -2.21. The zero-order valence-electron chi connectivity index (χ0n) is 16.6. The average molecular weight is 404 g/mol. The molecule has 0 aliphatic heterocycles. The van der Waals surface area contributed by atoms with E-state index in [1.165, 1.54) is 12.0 Å². The fourth-order valence-corrected chi connectivity index (χ4v) is 3.83. The lowest BCUT2D eigenvalue weighted by atomic mass is 10.1. The Morgan fingerprint density at radius 1 is 1.11 bits per heavy atom. The molecule has 28 heavy (non-hydrogen) atoms. The van der Waals surface area contributed by atoms with Crippen LogP contribution in [0.2, 0.25) is 0 Å². The molecule has 1 aromatic heterocycles. The number of thiophene rings is 1. The average Bonchev–Trinajstić information content (AvgIpc) is 3.01. The third-order valence-corrected chi connectivity index (χ3v) is 5.38. The number of ether oxygens (including phenoxy) is 2. The van der Waals surface area contributed by atoms with Crippen molar-refractivity contribution in [1.29, 1.82) is 0 Å². The molecule has 1 N–H and O–H groups in total. The van der Waals surface area contributed by atoms with Crippen LogP contribution in [0.5, 0.6) is 5.75 Å². The number of nitrogens with one attached hydrogen (secondary N) is 1. The Hall–Kier alpha value is -2.87. The number of rotatable bonds is 7. The predicted molar refractivity (Wildman–Crippen MR) is 108 cm³/mol. The van der Waals surface area contributed by atoms with Crippen LogP contribution >= 0.6 is 11.3 Å². The highest BCUT2D eigenvalue weighted by molar-refractivity contribution is 7.18. The number of methoxy groups -OCH3 is 2. The summed E-state index contributed by atoms with van der Waals surface area (Å²) in [7, 11) is 6.13. The molecule has 0 fully saturated rings. The summed E-state index contributed by atoms with van der Waals surface area (Å²) >= 11 is 1.08. The van der Waals surface area contributed by atoms with Crippen molar-refractivity contribution in [2.75, 3.05) is 33.6 Å². The van der Waals surface area contributed by atoms with Crippen LogP contribution in [0.1, 0.15) is 37.6 Å². The summed E-state index contributed by atoms with van der Waals surface area (Å²) in [6.07, 6.45) is 0.776. The van der Waals surface area contributed by atoms with E-state index in [9.17, 15) is 14.4 Å². The van der Waals surface area contributed by atoms with E-state index in [1.54, 1.807) is 28.1 Å². The second kappa shape index (κ2) is 9.36. The molecule has 0 radical (unpaired) electrons. The van der Waals surface area contributed by atoms with E-state index in [-0.39, 0.29) is 23.8 Å². The Balaban J connectivity index is 2.16. The van der Waals surface area contributed by atoms with Crippen molar-refractivity contribution in [3.8, 4) is 5.75 Å². The Morgan fingerprint density at radius 2 is 1.75 bits per heavy atom. The molecule has 0 unspecified atom stereocenters. The molecule has 1 heterocycles. The van der Waals surface area contributed by atoms with Gasteiger partial charge in [0.25, 0.3) is 5.91 Å². The minimum Gasteiger partial charge on any atom is -0.497 e. The molecular weight excluding hydrogens is 380 g/mol. The summed E-state index contributed by atoms with van der Waals surface area (Å²) < 4.78 is 9.94. The third kappa shape index (κ3) is 4.89. The number of amides is 2. The SMILES string of the molecule is COC(=O)c1c(NC(=O)CCc2ccc(OC)cc2)sc(C(=O)N(C)C)c1C. The lowest BCUT2D eigenvalue weighted by molar-refractivity contribution is -0.116. The highest BCUT2D eigenvalue weighted by Gasteiger charge is 2.26. The summed E-state index contributed by atoms with van der Waals surface area (Å²) in [6.45, 7) is 1.67. The Bertz CT molecular complexity index is 871. The molecule has 1 aromatic carbocycles. The van der Waals surface area contributed by atoms with E-state index in [0.717, 1.165) is 22.6 Å². The molecule has 0 saturated carbocycles. The van der Waals surface area contributed by atoms with E-state index < -0.39 is 5.97 Å². The van der Waals surface area contributed by atoms with Gasteiger partial charge in [-0.25, -0.2) is 4.79 Å². The fourth-order valence-electron chi connectivity index (χ4n) is 2.60. The third-order valence-electron chi connectivity index (χ3n) is 4.19. The smallest absolute Gasteiger partial charge is 0.341 e. The monoisotopic (exact) mass is 404 g/mol. The van der Waals surface area contributed by atoms with Gasteiger partial charge in [-0.05, 0) is 36.6 Å². The quantitative estimate of drug-likeness (QED) is 0.717. The number of nitrogens with zero attached hydrogens (tertiary/aromatic N) is 1. The van der Waals surface area contributed by atoms with Crippen LogP contribution in [-0.4, -0.2) is 51.0 Å². The molecule has 0 saturated heterocycles. The number of aryl methyl sites for hydroxylation is 1. The molecule has 0 atom stereocenters. The first kappa shape index (κ1) is 21.4. The maximum atomic E-state index is 12.4. The van der Waals surface area contributed by atoms with Gasteiger partial charge in [-0.1, -0.05) is 12.1 Å². The second-order valence-electron chi connectivity index (χ2n) is 6.35. The lowest BCUT2D eigenvalue weighted by Gasteiger charge is -2.08. The summed E-state index contributed by atoms with van der Waals surface area (Å²) in [5.74, 6) is -0.308. The van der Waals surface area contributed by atoms with E-state index >= 15 is 0 Å². The maximum absolute atomic E-state index is 12.4. The van der Waals surface area contributed by atoms with Gasteiger partial charge >= 0.3 is 5.97 Å². The molecule has 0 bridgehead atoms. The van der Waals surface area contributed by atoms with E-state index in [1.807, 2.05) is 24.3 Å². The molecule has 7 nitrogen and oxygen atoms in total. The van der Waals surface area contributed by atoms with Crippen LogP contribution in [0.4, 0.5) is 5.00 Å². The number of anilines is 1. The first-order valence-electron chi connectivity index (χ1n) is 8.64. The van der Waals surface area contributed by atoms with Crippen LogP contribution in [-0.2, 0) is 16.0 Å². The van der Waals surface area contributed by atoms with Crippen molar-refractivity contribution in [1.82, 2.24) is 4.90 Å². The van der Waals surface area contributed by atoms with E-state index in [4.69, 9.17) is 9.47 Å². The number of hydrogen-bond donors (Lipinski definition) is 1. The molecule has 2 aromatic rings. The van der Waals surface area contributed by atoms with Gasteiger partial charge in [0.1, 0.15) is 10.8 Å². The number of carbonyl (C=O) groups is 3. The van der Waals surface area contributed by atoms with Gasteiger partial charge in [0.15, 0.2) is 0 Å². The number of carbonyl (C=O) groups excluding carboxylic acids is 3. The van der Waals surface area contributed by atoms with Gasteiger partial charge in [0, 0.05) is 20.5 Å². The standard InChI is InChI=1S/C20H24N2O5S/c1-12-16(20(25)27-5)18(28-17(12)19(24)22(2)3)21-15(23)11-8-13-6-9-14(26-4)10-7-13/h6-7,9-10H,8,11H2,1-5H3,(H,21,23). The van der Waals surface area contributed by atoms with Crippen LogP contribution in [0.3, 0.4) is 0 Å². The van der Waals surface area contributed by atoms with Gasteiger partial charge in [0.05, 0.1) is 24.7 Å². The second-order valence-corrected chi connectivity index (χ2v) is 7.37. The van der Waals surface area contributed by atoms with Crippen LogP contribution in [0, 0.1) is 6.92 Å². The van der Waals surface area contributed by atoms with Crippen LogP contribution < -0.4 is 10.1 Å². The van der Waals surface area contributed by atoms with E-state index in [0.29, 0.717) is 21.9 Å². The van der Waals surface area contributed by atoms with Gasteiger partial charge in [0.2, 0.25) is 5.91 Å². The highest BCUT2D eigenvalue weighted by Crippen LogP contribution is 2.34. The van der Waals surface area contributed by atoms with Crippen LogP contribution in [0.15, 0.2) is 24.3 Å². The zero-order chi connectivity index (χ0) is 20.8. The molecular formula is C20H24N2O5S. The largest absolute Gasteiger partial charge is 0.497 e. The van der Waals surface area contributed by atoms with Gasteiger partial charge in [-0.15, -0.1) is 11.3 Å². The van der Waals surface area contributed by atoms with Gasteiger partial charge < -0.3 is 19.7 Å². The topological polar surface area (TPSA) is 84.9 Å². The molecule has 2 rings (SSSR count). The fraction of sp³-hybridized carbons (Fsp3) is 0.350. The molecule has 8 heteroatoms. The number of hydrogen-bond acceptors (Lipinski definition) is 6. The minimum atomic E-state index is -0.586. The zero-order valence-corrected chi connectivity index (χ0v) is 17.4. The van der Waals surface area contributed by atoms with Crippen molar-refractivity contribution in [2.45, 2.75) is 19.8 Å². The highest BCUT2D eigenvalue weighted by atomic mass is 32.1. The molecule has 0 aliphatic rings. The van der Waals surface area contributed by atoms with E-state index in [2.05, 4.69) is 5.32 Å². The Morgan fingerprint density at radius 3 is 2.29 bits per heavy atom. The Labute approximate surface area is 168 Å². The summed E-state index contributed by atoms with van der Waals surface area (Å²) in [5, 5.41) is 3.08. The Kier molecular flexibility index (Phi) is 7.17. The molecule has 0 aliphatic carbocycles. The maximum Gasteiger partial charge on any atom is 0.341 e. The first-order valence-corrected chi connectivity index (χ1v) is 9.46. The van der Waals surface area contributed by atoms with Crippen molar-refractivity contribution in [3.63, 3.8) is 0 Å². The van der Waals surface area contributed by atoms with Crippen molar-refractivity contribution in [3.05, 3.63) is 45.8 Å². The normalized spacial score (nSPS) is 10.3. The minimum absolute atomic E-state index is 0.218. The van der Waals surface area contributed by atoms with Crippen LogP contribution in [0.25, 0.3) is 0 Å². The molecule has 0 spiro atoms. The molecule has 150 valence electrons. The van der Waals surface area contributed by atoms with Crippen molar-refractivity contribution >= 4 is 34.1 Å². The van der Waals surface area contributed by atoms with Gasteiger partial charge in [-0.3, -0.25) is 9.59 Å². The van der Waals surface area contributed by atoms with Crippen molar-refractivity contribution in [2.24, 2.45) is 0 Å². The first-order chi connectivity index (χ1) is 13.3.